The highest BCUT2D eigenvalue weighted by molar-refractivity contribution is 6.18. The van der Waals surface area contributed by atoms with Gasteiger partial charge in [0.05, 0.1) is 16.6 Å². The topological polar surface area (TPSA) is 49.4 Å². The molecule has 0 saturated carbocycles. The van der Waals surface area contributed by atoms with Crippen LogP contribution >= 0.6 is 0 Å². The maximum absolute atomic E-state index is 13.3. The summed E-state index contributed by atoms with van der Waals surface area (Å²) >= 11 is 0. The minimum atomic E-state index is -0.784. The van der Waals surface area contributed by atoms with Gasteiger partial charge >= 0.3 is 6.03 Å². The number of carbonyl (C=O) groups excluding carboxylic acids is 2. The molecule has 4 nitrogen and oxygen atoms in total. The number of imide groups is 1. The molecular weight excluding hydrogens is 247 g/mol. The first kappa shape index (κ1) is 13.5. The van der Waals surface area contributed by atoms with E-state index in [0.717, 1.165) is 4.90 Å². The van der Waals surface area contributed by atoms with E-state index in [2.05, 4.69) is 5.32 Å². The maximum atomic E-state index is 13.3. The second-order valence-corrected chi connectivity index (χ2v) is 5.80. The Hall–Kier alpha value is -1.91. The zero-order valence-corrected chi connectivity index (χ0v) is 11.5. The molecule has 0 radical (unpaired) electrons. The molecule has 102 valence electrons. The highest BCUT2D eigenvalue weighted by Gasteiger charge is 2.52. The van der Waals surface area contributed by atoms with Gasteiger partial charge in [-0.25, -0.2) is 14.1 Å². The molecule has 1 heterocycles. The van der Waals surface area contributed by atoms with Gasteiger partial charge in [-0.15, -0.1) is 0 Å². The average Bonchev–Trinajstić information content (AvgIpc) is 2.26. The maximum Gasteiger partial charge on any atom is 0.329 e. The zero-order valence-electron chi connectivity index (χ0n) is 11.5. The first-order chi connectivity index (χ1) is 8.67. The fourth-order valence-corrected chi connectivity index (χ4v) is 1.97. The third kappa shape index (κ3) is 1.99. The molecule has 1 aliphatic heterocycles. The first-order valence-electron chi connectivity index (χ1n) is 6.09. The lowest BCUT2D eigenvalue weighted by Gasteiger charge is -2.48. The van der Waals surface area contributed by atoms with Crippen LogP contribution in [0.2, 0.25) is 0 Å². The monoisotopic (exact) mass is 264 g/mol. The van der Waals surface area contributed by atoms with Crippen molar-refractivity contribution in [3.8, 4) is 0 Å². The fourth-order valence-electron chi connectivity index (χ4n) is 1.97. The number of urea groups is 1. The van der Waals surface area contributed by atoms with Crippen molar-refractivity contribution in [3.05, 3.63) is 30.1 Å². The number of rotatable bonds is 1. The Morgan fingerprint density at radius 2 is 1.79 bits per heavy atom. The summed E-state index contributed by atoms with van der Waals surface area (Å²) in [5.74, 6) is -0.826. The van der Waals surface area contributed by atoms with Crippen molar-refractivity contribution in [2.75, 3.05) is 4.90 Å². The van der Waals surface area contributed by atoms with Crippen LogP contribution in [0.4, 0.5) is 14.9 Å². The SMILES string of the molecule is CC1(C)NC(=O)N(c2cccc(F)c2)C(=O)C1(C)C. The van der Waals surface area contributed by atoms with E-state index in [0.29, 0.717) is 0 Å². The Morgan fingerprint density at radius 3 is 2.37 bits per heavy atom. The van der Waals surface area contributed by atoms with Crippen molar-refractivity contribution in [1.82, 2.24) is 5.32 Å². The number of hydrogen-bond acceptors (Lipinski definition) is 2. The summed E-state index contributed by atoms with van der Waals surface area (Å²) < 4.78 is 13.3. The zero-order chi connectivity index (χ0) is 14.4. The van der Waals surface area contributed by atoms with Crippen LogP contribution in [-0.2, 0) is 4.79 Å². The molecule has 0 aliphatic carbocycles. The second kappa shape index (κ2) is 4.05. The van der Waals surface area contributed by atoms with E-state index in [-0.39, 0.29) is 11.6 Å². The Balaban J connectivity index is 2.48. The molecule has 0 atom stereocenters. The number of hydrogen-bond donors (Lipinski definition) is 1. The number of halogens is 1. The number of nitrogens with one attached hydrogen (secondary N) is 1. The van der Waals surface area contributed by atoms with E-state index >= 15 is 0 Å². The van der Waals surface area contributed by atoms with Gasteiger partial charge in [0, 0.05) is 0 Å². The molecule has 1 N–H and O–H groups in total. The van der Waals surface area contributed by atoms with Crippen LogP contribution in [0, 0.1) is 11.2 Å². The van der Waals surface area contributed by atoms with E-state index in [9.17, 15) is 14.0 Å². The summed E-state index contributed by atoms with van der Waals surface area (Å²) in [5.41, 5.74) is -1.20. The van der Waals surface area contributed by atoms with Crippen molar-refractivity contribution < 1.29 is 14.0 Å². The summed E-state index contributed by atoms with van der Waals surface area (Å²) in [4.78, 5) is 25.6. The van der Waals surface area contributed by atoms with Gasteiger partial charge in [0.25, 0.3) is 0 Å². The number of carbonyl (C=O) groups is 2. The van der Waals surface area contributed by atoms with Crippen molar-refractivity contribution in [2.45, 2.75) is 33.2 Å². The van der Waals surface area contributed by atoms with Crippen molar-refractivity contribution >= 4 is 17.6 Å². The molecule has 0 aromatic heterocycles. The lowest BCUT2D eigenvalue weighted by molar-refractivity contribution is -0.130. The molecule has 1 aromatic rings. The summed E-state index contributed by atoms with van der Waals surface area (Å²) in [6.45, 7) is 7.12. The highest BCUT2D eigenvalue weighted by atomic mass is 19.1. The summed E-state index contributed by atoms with van der Waals surface area (Å²) in [5, 5.41) is 2.79. The second-order valence-electron chi connectivity index (χ2n) is 5.80. The molecule has 5 heteroatoms. The summed E-state index contributed by atoms with van der Waals surface area (Å²) in [6.07, 6.45) is 0. The van der Waals surface area contributed by atoms with Crippen LogP contribution in [0.1, 0.15) is 27.7 Å². The lowest BCUT2D eigenvalue weighted by Crippen LogP contribution is -2.69. The summed E-state index contributed by atoms with van der Waals surface area (Å²) in [6, 6.07) is 4.92. The molecule has 0 bridgehead atoms. The Bertz CT molecular complexity index is 552. The van der Waals surface area contributed by atoms with Crippen molar-refractivity contribution in [2.24, 2.45) is 5.41 Å². The summed E-state index contributed by atoms with van der Waals surface area (Å²) in [7, 11) is 0. The molecule has 0 unspecified atom stereocenters. The standard InChI is InChI=1S/C14H17FN2O2/c1-13(2)11(18)17(12(19)16-14(13,3)4)10-7-5-6-9(15)8-10/h5-8H,1-4H3,(H,16,19). The Kier molecular flexibility index (Phi) is 2.88. The quantitative estimate of drug-likeness (QED) is 0.847. The molecule has 1 aromatic carbocycles. The number of nitrogens with zero attached hydrogens (tertiary/aromatic N) is 1. The van der Waals surface area contributed by atoms with Crippen LogP contribution < -0.4 is 10.2 Å². The lowest BCUT2D eigenvalue weighted by atomic mass is 9.72. The minimum Gasteiger partial charge on any atom is -0.331 e. The molecular formula is C14H17FN2O2. The molecule has 19 heavy (non-hydrogen) atoms. The van der Waals surface area contributed by atoms with E-state index in [4.69, 9.17) is 0 Å². The third-order valence-corrected chi connectivity index (χ3v) is 3.99. The number of anilines is 1. The van der Waals surface area contributed by atoms with Gasteiger partial charge in [0.1, 0.15) is 5.82 Å². The third-order valence-electron chi connectivity index (χ3n) is 3.99. The highest BCUT2D eigenvalue weighted by Crippen LogP contribution is 2.37. The average molecular weight is 264 g/mol. The smallest absolute Gasteiger partial charge is 0.329 e. The van der Waals surface area contributed by atoms with Crippen LogP contribution in [0.5, 0.6) is 0 Å². The van der Waals surface area contributed by atoms with Gasteiger partial charge in [0.2, 0.25) is 5.91 Å². The Labute approximate surface area is 111 Å². The van der Waals surface area contributed by atoms with E-state index in [1.165, 1.54) is 24.3 Å². The normalized spacial score (nSPS) is 21.2. The van der Waals surface area contributed by atoms with Gasteiger partial charge in [-0.2, -0.15) is 0 Å². The van der Waals surface area contributed by atoms with Gasteiger partial charge in [-0.3, -0.25) is 4.79 Å². The van der Waals surface area contributed by atoms with Crippen molar-refractivity contribution in [3.63, 3.8) is 0 Å². The molecule has 3 amide bonds. The Morgan fingerprint density at radius 1 is 1.16 bits per heavy atom. The van der Waals surface area contributed by atoms with Crippen LogP contribution in [-0.4, -0.2) is 17.5 Å². The fraction of sp³-hybridized carbons (Fsp3) is 0.429. The van der Waals surface area contributed by atoms with E-state index in [1.807, 2.05) is 0 Å². The van der Waals surface area contributed by atoms with E-state index < -0.39 is 22.8 Å². The van der Waals surface area contributed by atoms with Crippen LogP contribution in [0.3, 0.4) is 0 Å². The predicted octanol–water partition coefficient (Wildman–Crippen LogP) is 2.69. The molecule has 1 saturated heterocycles. The number of benzene rings is 1. The van der Waals surface area contributed by atoms with Gasteiger partial charge in [-0.1, -0.05) is 6.07 Å². The minimum absolute atomic E-state index is 0.242. The number of amides is 3. The largest absolute Gasteiger partial charge is 0.331 e. The van der Waals surface area contributed by atoms with Gasteiger partial charge < -0.3 is 5.32 Å². The van der Waals surface area contributed by atoms with Crippen LogP contribution in [0.15, 0.2) is 24.3 Å². The van der Waals surface area contributed by atoms with Gasteiger partial charge in [0.15, 0.2) is 0 Å². The molecule has 0 spiro atoms. The molecule has 2 rings (SSSR count). The first-order valence-corrected chi connectivity index (χ1v) is 6.09. The molecule has 1 aliphatic rings. The van der Waals surface area contributed by atoms with E-state index in [1.54, 1.807) is 27.7 Å². The van der Waals surface area contributed by atoms with Crippen LogP contribution in [0.25, 0.3) is 0 Å². The van der Waals surface area contributed by atoms with Gasteiger partial charge in [-0.05, 0) is 45.9 Å². The predicted molar refractivity (Wildman–Crippen MR) is 70.3 cm³/mol. The van der Waals surface area contributed by atoms with Crippen molar-refractivity contribution in [1.29, 1.82) is 0 Å². The molecule has 1 fully saturated rings.